The highest BCUT2D eigenvalue weighted by Crippen LogP contribution is 2.35. The lowest BCUT2D eigenvalue weighted by molar-refractivity contribution is 0.0465. The monoisotopic (exact) mass is 669 g/mol. The van der Waals surface area contributed by atoms with Crippen molar-refractivity contribution in [2.75, 3.05) is 41.8 Å². The number of ether oxygens (including phenoxy) is 2. The third-order valence-electron chi connectivity index (χ3n) is 8.36. The highest BCUT2D eigenvalue weighted by Gasteiger charge is 2.39. The topological polar surface area (TPSA) is 186 Å². The molecule has 1 aromatic carbocycles. The first-order chi connectivity index (χ1) is 23.4. The largest absolute Gasteiger partial charge is 0.465 e. The zero-order valence-corrected chi connectivity index (χ0v) is 27.7. The summed E-state index contributed by atoms with van der Waals surface area (Å²) in [4.78, 5) is 49.5. The van der Waals surface area contributed by atoms with Gasteiger partial charge in [0.1, 0.15) is 5.60 Å². The maximum Gasteiger partial charge on any atom is 0.409 e. The summed E-state index contributed by atoms with van der Waals surface area (Å²) < 4.78 is 12.8. The van der Waals surface area contributed by atoms with Gasteiger partial charge in [0.2, 0.25) is 0 Å². The Hall–Kier alpha value is -5.57. The number of carboxylic acid groups (broad SMARTS) is 1. The molecule has 3 amide bonds. The summed E-state index contributed by atoms with van der Waals surface area (Å²) in [5.74, 6) is -0.648. The summed E-state index contributed by atoms with van der Waals surface area (Å²) in [6, 6.07) is 8.41. The first-order valence-electron chi connectivity index (χ1n) is 16.0. The number of hydrogen-bond donors (Lipinski definition) is 4. The summed E-state index contributed by atoms with van der Waals surface area (Å²) in [6.07, 6.45) is 7.40. The van der Waals surface area contributed by atoms with E-state index in [0.717, 1.165) is 17.6 Å². The number of nitrogens with one attached hydrogen (secondary N) is 3. The quantitative estimate of drug-likeness (QED) is 0.208. The van der Waals surface area contributed by atoms with E-state index in [1.54, 1.807) is 56.2 Å². The number of nitrogens with zero attached hydrogens (tertiary/aromatic N) is 6. The minimum atomic E-state index is -1.32. The van der Waals surface area contributed by atoms with Crippen LogP contribution in [0.2, 0.25) is 0 Å². The summed E-state index contributed by atoms with van der Waals surface area (Å²) >= 11 is 0. The van der Waals surface area contributed by atoms with Crippen LogP contribution in [-0.4, -0.2) is 86.1 Å². The lowest BCUT2D eigenvalue weighted by Crippen LogP contribution is -2.57. The standard InChI is InChI=1S/C34H39N9O6/c1-20-18-42(19-27(30(20)43-12-11-36-41-43)40-33(47)49-34(2,3)4)28-7-10-35-17-26(28)38-31(44)29-25(39-32(45)46)16-23-6-5-22(15-24(23)37-29)21-8-13-48-14-9-21/h5-8,10-12,15-17,20,27,30,39H,9,13-14,18-19H2,1-4H3,(H,38,44)(H,40,47)(H,45,46)/t20-,27+,30-/m0/s1. The van der Waals surface area contributed by atoms with Gasteiger partial charge in [0, 0.05) is 30.9 Å². The van der Waals surface area contributed by atoms with E-state index in [1.807, 2.05) is 24.3 Å². The van der Waals surface area contributed by atoms with Gasteiger partial charge in [-0.2, -0.15) is 0 Å². The molecule has 15 nitrogen and oxygen atoms in total. The Labute approximate surface area is 282 Å². The summed E-state index contributed by atoms with van der Waals surface area (Å²) in [7, 11) is 0. The van der Waals surface area contributed by atoms with E-state index < -0.39 is 29.7 Å². The van der Waals surface area contributed by atoms with Crippen molar-refractivity contribution in [1.82, 2.24) is 30.3 Å². The van der Waals surface area contributed by atoms with Gasteiger partial charge < -0.3 is 30.1 Å². The summed E-state index contributed by atoms with van der Waals surface area (Å²) in [5, 5.41) is 26.7. The van der Waals surface area contributed by atoms with Crippen LogP contribution in [0.4, 0.5) is 26.7 Å². The number of alkyl carbamates (subject to hydrolysis) is 1. The SMILES string of the molecule is C[C@H]1CN(c2ccncc2NC(=O)c2nc3cc(C4=CCOCC4)ccc3cc2NC(=O)O)C[C@@H](NC(=O)OC(C)(C)C)[C@H]1n1ccnn1. The molecule has 0 spiro atoms. The number of rotatable bonds is 7. The Balaban J connectivity index is 1.30. The van der Waals surface area contributed by atoms with Gasteiger partial charge in [-0.3, -0.25) is 15.1 Å². The van der Waals surface area contributed by atoms with Crippen molar-refractivity contribution in [2.24, 2.45) is 5.92 Å². The van der Waals surface area contributed by atoms with Gasteiger partial charge in [-0.05, 0) is 62.4 Å². The minimum Gasteiger partial charge on any atom is -0.465 e. The maximum atomic E-state index is 13.9. The molecule has 256 valence electrons. The van der Waals surface area contributed by atoms with Crippen LogP contribution in [-0.2, 0) is 9.47 Å². The van der Waals surface area contributed by atoms with E-state index in [1.165, 1.54) is 6.20 Å². The molecule has 15 heteroatoms. The zero-order valence-electron chi connectivity index (χ0n) is 27.7. The average Bonchev–Trinajstić information content (AvgIpc) is 3.58. The van der Waals surface area contributed by atoms with E-state index in [2.05, 4.69) is 48.1 Å². The molecule has 4 aromatic rings. The number of benzene rings is 1. The van der Waals surface area contributed by atoms with Gasteiger partial charge in [0.25, 0.3) is 5.91 Å². The number of anilines is 3. The number of fused-ring (bicyclic) bond motifs is 1. The Morgan fingerprint density at radius 3 is 2.61 bits per heavy atom. The molecule has 3 aromatic heterocycles. The molecule has 6 rings (SSSR count). The minimum absolute atomic E-state index is 0.0272. The van der Waals surface area contributed by atoms with E-state index in [9.17, 15) is 19.5 Å². The van der Waals surface area contributed by atoms with Crippen LogP contribution in [0.15, 0.2) is 61.2 Å². The molecule has 3 atom stereocenters. The molecular weight excluding hydrogens is 630 g/mol. The smallest absolute Gasteiger partial charge is 0.409 e. The third kappa shape index (κ3) is 7.78. The highest BCUT2D eigenvalue weighted by atomic mass is 16.6. The zero-order chi connectivity index (χ0) is 34.7. The van der Waals surface area contributed by atoms with Crippen LogP contribution in [0.1, 0.15) is 56.2 Å². The molecule has 49 heavy (non-hydrogen) atoms. The van der Waals surface area contributed by atoms with Gasteiger partial charge in [0.15, 0.2) is 5.69 Å². The number of carbonyl (C=O) groups excluding carboxylic acids is 2. The van der Waals surface area contributed by atoms with Crippen LogP contribution >= 0.6 is 0 Å². The van der Waals surface area contributed by atoms with Crippen molar-refractivity contribution < 1.29 is 29.0 Å². The Kier molecular flexibility index (Phi) is 9.44. The van der Waals surface area contributed by atoms with E-state index in [4.69, 9.17) is 9.47 Å². The molecule has 2 aliphatic heterocycles. The fourth-order valence-corrected chi connectivity index (χ4v) is 6.36. The van der Waals surface area contributed by atoms with Crippen molar-refractivity contribution in [1.29, 1.82) is 0 Å². The molecular formula is C34H39N9O6. The second kappa shape index (κ2) is 13.9. The molecule has 4 N–H and O–H groups in total. The van der Waals surface area contributed by atoms with Crippen molar-refractivity contribution in [3.05, 3.63) is 72.5 Å². The number of piperidine rings is 1. The normalized spacial score (nSPS) is 19.6. The molecule has 0 radical (unpaired) electrons. The summed E-state index contributed by atoms with van der Waals surface area (Å²) in [6.45, 7) is 9.50. The van der Waals surface area contributed by atoms with Gasteiger partial charge in [-0.15, -0.1) is 5.10 Å². The lowest BCUT2D eigenvalue weighted by Gasteiger charge is -2.44. The Morgan fingerprint density at radius 2 is 1.90 bits per heavy atom. The fourth-order valence-electron chi connectivity index (χ4n) is 6.36. The van der Waals surface area contributed by atoms with E-state index >= 15 is 0 Å². The Bertz CT molecular complexity index is 1890. The fraction of sp³-hybridized carbons (Fsp3) is 0.382. The number of pyridine rings is 2. The summed E-state index contributed by atoms with van der Waals surface area (Å²) in [5.41, 5.74) is 2.93. The van der Waals surface area contributed by atoms with Gasteiger partial charge in [-0.25, -0.2) is 19.3 Å². The lowest BCUT2D eigenvalue weighted by atomic mass is 9.89. The van der Waals surface area contributed by atoms with Crippen molar-refractivity contribution in [2.45, 2.75) is 51.8 Å². The molecule has 1 fully saturated rings. The van der Waals surface area contributed by atoms with Crippen molar-refractivity contribution in [3.8, 4) is 0 Å². The van der Waals surface area contributed by atoms with Crippen molar-refractivity contribution >= 4 is 51.6 Å². The maximum absolute atomic E-state index is 13.9. The van der Waals surface area contributed by atoms with Crippen molar-refractivity contribution in [3.63, 3.8) is 0 Å². The molecule has 0 bridgehead atoms. The third-order valence-corrected chi connectivity index (χ3v) is 8.36. The Morgan fingerprint density at radius 1 is 1.06 bits per heavy atom. The van der Waals surface area contributed by atoms with Crippen LogP contribution in [0.3, 0.4) is 0 Å². The number of carbonyl (C=O) groups is 3. The van der Waals surface area contributed by atoms with Crippen LogP contribution in [0.25, 0.3) is 16.5 Å². The molecule has 0 unspecified atom stereocenters. The molecule has 5 heterocycles. The predicted octanol–water partition coefficient (Wildman–Crippen LogP) is 4.96. The molecule has 1 saturated heterocycles. The van der Waals surface area contributed by atoms with Crippen LogP contribution in [0, 0.1) is 5.92 Å². The number of amides is 3. The first-order valence-corrected chi connectivity index (χ1v) is 16.0. The van der Waals surface area contributed by atoms with Gasteiger partial charge >= 0.3 is 12.2 Å². The first kappa shape index (κ1) is 33.3. The van der Waals surface area contributed by atoms with Crippen LogP contribution in [0.5, 0.6) is 0 Å². The average molecular weight is 670 g/mol. The number of aromatic nitrogens is 5. The van der Waals surface area contributed by atoms with Gasteiger partial charge in [-0.1, -0.05) is 30.3 Å². The van der Waals surface area contributed by atoms with Crippen LogP contribution < -0.4 is 20.9 Å². The molecule has 0 aliphatic carbocycles. The molecule has 2 aliphatic rings. The molecule has 0 saturated carbocycles. The number of hydrogen-bond acceptors (Lipinski definition) is 10. The second-order valence-corrected chi connectivity index (χ2v) is 13.1. The predicted molar refractivity (Wildman–Crippen MR) is 183 cm³/mol. The van der Waals surface area contributed by atoms with E-state index in [-0.39, 0.29) is 23.3 Å². The van der Waals surface area contributed by atoms with Gasteiger partial charge in [0.05, 0.1) is 60.3 Å². The highest BCUT2D eigenvalue weighted by molar-refractivity contribution is 6.11. The second-order valence-electron chi connectivity index (χ2n) is 13.1. The van der Waals surface area contributed by atoms with E-state index in [0.29, 0.717) is 48.6 Å².